The van der Waals surface area contributed by atoms with E-state index in [0.717, 1.165) is 0 Å². The number of rotatable bonds is 4. The molecular formula is C19H16F2N4O2. The Labute approximate surface area is 155 Å². The largest absolute Gasteiger partial charge is 0.401 e. The molecule has 0 fully saturated rings. The topological polar surface area (TPSA) is 106 Å². The van der Waals surface area contributed by atoms with Crippen molar-refractivity contribution in [2.45, 2.75) is 19.8 Å². The normalized spacial score (nSPS) is 9.70. The molecule has 27 heavy (non-hydrogen) atoms. The average Bonchev–Trinajstić information content (AvgIpc) is 2.70. The van der Waals surface area contributed by atoms with Crippen LogP contribution in [0.15, 0.2) is 48.5 Å². The fourth-order valence-electron chi connectivity index (χ4n) is 1.78. The average molecular weight is 370 g/mol. The van der Waals surface area contributed by atoms with E-state index in [-0.39, 0.29) is 11.4 Å². The third-order valence-corrected chi connectivity index (χ3v) is 3.11. The number of anilines is 2. The van der Waals surface area contributed by atoms with E-state index in [4.69, 9.17) is 10.5 Å². The molecule has 2 aromatic carbocycles. The van der Waals surface area contributed by atoms with Crippen molar-refractivity contribution in [2.24, 2.45) is 0 Å². The van der Waals surface area contributed by atoms with E-state index in [1.54, 1.807) is 0 Å². The summed E-state index contributed by atoms with van der Waals surface area (Å²) in [5.74, 6) is -7.92. The first-order valence-corrected chi connectivity index (χ1v) is 7.88. The van der Waals surface area contributed by atoms with Gasteiger partial charge in [-0.25, -0.2) is 0 Å². The van der Waals surface area contributed by atoms with Gasteiger partial charge < -0.3 is 10.6 Å². The number of benzene rings is 2. The minimum atomic E-state index is -4.32. The molecule has 0 saturated heterocycles. The standard InChI is InChI=1S/C17H10F2N4O2.C2H6/c18-17(19,15(24)22-13-5-1-11(9-20)2-6-13)16(25)23-14-7-3-12(10-21)4-8-14;1-2/h1-8H,(H,22,24)(H,23,25);1-2H3. The Kier molecular flexibility index (Phi) is 7.59. The minimum absolute atomic E-state index is 0.0230. The second-order valence-corrected chi connectivity index (χ2v) is 4.86. The van der Waals surface area contributed by atoms with Gasteiger partial charge in [0.05, 0.1) is 23.3 Å². The van der Waals surface area contributed by atoms with Crippen molar-refractivity contribution >= 4 is 23.2 Å². The van der Waals surface area contributed by atoms with Gasteiger partial charge in [0.15, 0.2) is 0 Å². The number of nitrogens with zero attached hydrogens (tertiary/aromatic N) is 2. The molecule has 138 valence electrons. The van der Waals surface area contributed by atoms with Crippen molar-refractivity contribution in [1.82, 2.24) is 0 Å². The fourth-order valence-corrected chi connectivity index (χ4v) is 1.78. The summed E-state index contributed by atoms with van der Waals surface area (Å²) in [7, 11) is 0. The van der Waals surface area contributed by atoms with Gasteiger partial charge in [-0.1, -0.05) is 13.8 Å². The summed E-state index contributed by atoms with van der Waals surface area (Å²) < 4.78 is 27.9. The molecule has 0 bridgehead atoms. The smallest absolute Gasteiger partial charge is 0.320 e. The second-order valence-electron chi connectivity index (χ2n) is 4.86. The summed E-state index contributed by atoms with van der Waals surface area (Å²) in [5, 5.41) is 21.1. The monoisotopic (exact) mass is 370 g/mol. The van der Waals surface area contributed by atoms with E-state index in [1.165, 1.54) is 48.5 Å². The van der Waals surface area contributed by atoms with Crippen LogP contribution < -0.4 is 10.6 Å². The predicted molar refractivity (Wildman–Crippen MR) is 95.9 cm³/mol. The SMILES string of the molecule is CC.N#Cc1ccc(NC(=O)C(F)(F)C(=O)Nc2ccc(C#N)cc2)cc1. The van der Waals surface area contributed by atoms with Crippen LogP contribution in [0, 0.1) is 22.7 Å². The quantitative estimate of drug-likeness (QED) is 0.801. The van der Waals surface area contributed by atoms with Crippen molar-refractivity contribution in [3.63, 3.8) is 0 Å². The third kappa shape index (κ3) is 5.62. The van der Waals surface area contributed by atoms with Crippen LogP contribution in [-0.4, -0.2) is 17.7 Å². The summed E-state index contributed by atoms with van der Waals surface area (Å²) in [5.41, 5.74) is 0.635. The zero-order valence-electron chi connectivity index (χ0n) is 14.6. The van der Waals surface area contributed by atoms with Gasteiger partial charge in [0, 0.05) is 11.4 Å². The number of halogens is 2. The molecule has 0 aliphatic heterocycles. The van der Waals surface area contributed by atoms with Crippen LogP contribution in [-0.2, 0) is 9.59 Å². The van der Waals surface area contributed by atoms with Crippen LogP contribution in [0.5, 0.6) is 0 Å². The Bertz CT molecular complexity index is 806. The number of nitrogens with one attached hydrogen (secondary N) is 2. The molecule has 8 heteroatoms. The highest BCUT2D eigenvalue weighted by Crippen LogP contribution is 2.20. The predicted octanol–water partition coefficient (Wildman–Crippen LogP) is 3.67. The summed E-state index contributed by atoms with van der Waals surface area (Å²) in [6.45, 7) is 4.00. The highest BCUT2D eigenvalue weighted by Gasteiger charge is 2.47. The first kappa shape index (κ1) is 21.3. The lowest BCUT2D eigenvalue weighted by atomic mass is 10.2. The van der Waals surface area contributed by atoms with Gasteiger partial charge >= 0.3 is 17.7 Å². The fraction of sp³-hybridized carbons (Fsp3) is 0.158. The zero-order valence-corrected chi connectivity index (χ0v) is 14.6. The highest BCUT2D eigenvalue weighted by molar-refractivity contribution is 6.16. The number of carbonyl (C=O) groups excluding carboxylic acids is 2. The molecule has 2 amide bonds. The molecular weight excluding hydrogens is 354 g/mol. The molecule has 0 atom stereocenters. The second kappa shape index (κ2) is 9.64. The molecule has 2 rings (SSSR count). The van der Waals surface area contributed by atoms with Gasteiger partial charge in [0.1, 0.15) is 0 Å². The Balaban J connectivity index is 0.00000176. The van der Waals surface area contributed by atoms with E-state index in [2.05, 4.69) is 0 Å². The molecule has 0 heterocycles. The van der Waals surface area contributed by atoms with E-state index in [0.29, 0.717) is 11.1 Å². The van der Waals surface area contributed by atoms with Gasteiger partial charge in [-0.2, -0.15) is 19.3 Å². The Morgan fingerprint density at radius 3 is 1.33 bits per heavy atom. The zero-order chi connectivity index (χ0) is 20.4. The minimum Gasteiger partial charge on any atom is -0.320 e. The van der Waals surface area contributed by atoms with Crippen LogP contribution in [0.3, 0.4) is 0 Å². The van der Waals surface area contributed by atoms with Crippen molar-refractivity contribution in [1.29, 1.82) is 10.5 Å². The Morgan fingerprint density at radius 1 is 0.778 bits per heavy atom. The van der Waals surface area contributed by atoms with Gasteiger partial charge in [0.2, 0.25) is 0 Å². The number of alkyl halides is 2. The summed E-state index contributed by atoms with van der Waals surface area (Å²) >= 11 is 0. The first-order valence-electron chi connectivity index (χ1n) is 7.88. The summed E-state index contributed by atoms with van der Waals surface area (Å²) in [6.07, 6.45) is 0. The van der Waals surface area contributed by atoms with Crippen LogP contribution in [0.25, 0.3) is 0 Å². The van der Waals surface area contributed by atoms with Crippen LogP contribution in [0.1, 0.15) is 25.0 Å². The number of nitriles is 2. The molecule has 0 aromatic heterocycles. The van der Waals surface area contributed by atoms with Crippen LogP contribution >= 0.6 is 0 Å². The van der Waals surface area contributed by atoms with Gasteiger partial charge in [-0.05, 0) is 48.5 Å². The lowest BCUT2D eigenvalue weighted by Crippen LogP contribution is -2.45. The molecule has 0 aliphatic rings. The number of amides is 2. The molecule has 0 aliphatic carbocycles. The van der Waals surface area contributed by atoms with E-state index >= 15 is 0 Å². The van der Waals surface area contributed by atoms with Gasteiger partial charge in [-0.3, -0.25) is 9.59 Å². The van der Waals surface area contributed by atoms with Crippen molar-refractivity contribution < 1.29 is 18.4 Å². The Morgan fingerprint density at radius 2 is 1.07 bits per heavy atom. The molecule has 0 radical (unpaired) electrons. The van der Waals surface area contributed by atoms with Crippen molar-refractivity contribution in [3.05, 3.63) is 59.7 Å². The molecule has 2 aromatic rings. The number of carbonyl (C=O) groups is 2. The van der Waals surface area contributed by atoms with Crippen molar-refractivity contribution in [3.8, 4) is 12.1 Å². The van der Waals surface area contributed by atoms with Crippen LogP contribution in [0.4, 0.5) is 20.2 Å². The maximum Gasteiger partial charge on any atom is 0.401 e. The maximum atomic E-state index is 13.9. The number of hydrogen-bond donors (Lipinski definition) is 2. The van der Waals surface area contributed by atoms with Gasteiger partial charge in [0.25, 0.3) is 0 Å². The maximum absolute atomic E-state index is 13.9. The molecule has 6 nitrogen and oxygen atoms in total. The molecule has 0 saturated carbocycles. The van der Waals surface area contributed by atoms with E-state index in [1.807, 2.05) is 36.6 Å². The molecule has 2 N–H and O–H groups in total. The van der Waals surface area contributed by atoms with E-state index < -0.39 is 17.7 Å². The third-order valence-electron chi connectivity index (χ3n) is 3.11. The Hall–Kier alpha value is -3.78. The summed E-state index contributed by atoms with van der Waals surface area (Å²) in [6, 6.07) is 14.1. The highest BCUT2D eigenvalue weighted by atomic mass is 19.3. The molecule has 0 spiro atoms. The summed E-state index contributed by atoms with van der Waals surface area (Å²) in [4.78, 5) is 23.4. The van der Waals surface area contributed by atoms with Gasteiger partial charge in [-0.15, -0.1) is 0 Å². The van der Waals surface area contributed by atoms with Crippen molar-refractivity contribution in [2.75, 3.05) is 10.6 Å². The van der Waals surface area contributed by atoms with E-state index in [9.17, 15) is 18.4 Å². The lowest BCUT2D eigenvalue weighted by molar-refractivity contribution is -0.152. The molecule has 0 unspecified atom stereocenters. The first-order chi connectivity index (χ1) is 12.9. The van der Waals surface area contributed by atoms with Crippen LogP contribution in [0.2, 0.25) is 0 Å². The lowest BCUT2D eigenvalue weighted by Gasteiger charge is -2.16. The number of hydrogen-bond acceptors (Lipinski definition) is 4.